The van der Waals surface area contributed by atoms with Crippen LogP contribution in [0.4, 0.5) is 0 Å². The van der Waals surface area contributed by atoms with Crippen molar-refractivity contribution in [2.75, 3.05) is 0 Å². The van der Waals surface area contributed by atoms with Crippen LogP contribution in [0.15, 0.2) is 39.2 Å². The topological polar surface area (TPSA) is 71.3 Å². The first-order valence-electron chi connectivity index (χ1n) is 6.92. The second-order valence-electron chi connectivity index (χ2n) is 5.22. The Morgan fingerprint density at radius 2 is 2.24 bits per heavy atom. The Hall–Kier alpha value is -1.15. The summed E-state index contributed by atoms with van der Waals surface area (Å²) in [6, 6.07) is 5.32. The molecule has 3 rings (SSSR count). The average Bonchev–Trinajstić information content (AvgIpc) is 2.95. The molecule has 0 aliphatic heterocycles. The van der Waals surface area contributed by atoms with E-state index in [2.05, 4.69) is 10.0 Å². The Labute approximate surface area is 128 Å². The van der Waals surface area contributed by atoms with E-state index in [9.17, 15) is 8.42 Å². The van der Waals surface area contributed by atoms with Gasteiger partial charge >= 0.3 is 0 Å². The van der Waals surface area contributed by atoms with Gasteiger partial charge in [-0.2, -0.15) is 0 Å². The van der Waals surface area contributed by atoms with E-state index in [-0.39, 0.29) is 0 Å². The van der Waals surface area contributed by atoms with Crippen LogP contribution in [0.1, 0.15) is 36.4 Å². The number of furan rings is 1. The van der Waals surface area contributed by atoms with Crippen LogP contribution >= 0.6 is 11.3 Å². The molecule has 1 atom stereocenters. The van der Waals surface area contributed by atoms with Gasteiger partial charge in [0.15, 0.2) is 0 Å². The number of rotatable bonds is 7. The predicted molar refractivity (Wildman–Crippen MR) is 81.6 cm³/mol. The third kappa shape index (κ3) is 3.55. The Kier molecular flexibility index (Phi) is 4.17. The number of sulfonamides is 1. The second-order valence-corrected chi connectivity index (χ2v) is 7.90. The maximum absolute atomic E-state index is 12.5. The third-order valence-electron chi connectivity index (χ3n) is 3.42. The normalized spacial score (nSPS) is 17.0. The van der Waals surface area contributed by atoms with Gasteiger partial charge in [-0.05, 0) is 43.3 Å². The summed E-state index contributed by atoms with van der Waals surface area (Å²) >= 11 is 1.47. The van der Waals surface area contributed by atoms with Crippen molar-refractivity contribution < 1.29 is 12.8 Å². The molecule has 0 saturated heterocycles. The van der Waals surface area contributed by atoms with E-state index in [0.29, 0.717) is 23.2 Å². The van der Waals surface area contributed by atoms with Crippen LogP contribution in [-0.4, -0.2) is 14.5 Å². The van der Waals surface area contributed by atoms with E-state index in [1.807, 2.05) is 5.38 Å². The molecule has 21 heavy (non-hydrogen) atoms. The number of hydrogen-bond donors (Lipinski definition) is 2. The molecule has 0 radical (unpaired) electrons. The van der Waals surface area contributed by atoms with Crippen LogP contribution < -0.4 is 10.0 Å². The van der Waals surface area contributed by atoms with Crippen molar-refractivity contribution in [1.82, 2.24) is 10.0 Å². The first-order valence-corrected chi connectivity index (χ1v) is 9.28. The molecule has 1 aliphatic rings. The smallest absolute Gasteiger partial charge is 0.242 e. The first-order chi connectivity index (χ1) is 10.1. The lowest BCUT2D eigenvalue weighted by Gasteiger charge is -2.12. The van der Waals surface area contributed by atoms with Gasteiger partial charge in [-0.1, -0.05) is 0 Å². The molecule has 1 aliphatic carbocycles. The summed E-state index contributed by atoms with van der Waals surface area (Å²) in [5.41, 5.74) is 0. The van der Waals surface area contributed by atoms with E-state index in [4.69, 9.17) is 4.42 Å². The standard InChI is InChI=1S/C14H18N2O3S2/c1-10(12-3-2-7-19-12)16-21(17,18)14-6-8-20-13(14)9-15-11-4-5-11/h2-3,6-8,10-11,15-16H,4-5,9H2,1H3. The van der Waals surface area contributed by atoms with Crippen molar-refractivity contribution >= 4 is 21.4 Å². The Balaban J connectivity index is 1.73. The zero-order chi connectivity index (χ0) is 14.9. The number of hydrogen-bond acceptors (Lipinski definition) is 5. The molecule has 0 aromatic carbocycles. The van der Waals surface area contributed by atoms with Crippen molar-refractivity contribution in [3.63, 3.8) is 0 Å². The quantitative estimate of drug-likeness (QED) is 0.820. The average molecular weight is 326 g/mol. The number of nitrogens with one attached hydrogen (secondary N) is 2. The van der Waals surface area contributed by atoms with Gasteiger partial charge in [0.2, 0.25) is 10.0 Å². The predicted octanol–water partition coefficient (Wildman–Crippen LogP) is 2.63. The molecule has 5 nitrogen and oxygen atoms in total. The van der Waals surface area contributed by atoms with Crippen molar-refractivity contribution in [1.29, 1.82) is 0 Å². The molecule has 7 heteroatoms. The molecule has 1 unspecified atom stereocenters. The lowest BCUT2D eigenvalue weighted by Crippen LogP contribution is -2.27. The van der Waals surface area contributed by atoms with Gasteiger partial charge in [-0.15, -0.1) is 11.3 Å². The summed E-state index contributed by atoms with van der Waals surface area (Å²) in [4.78, 5) is 1.21. The molecule has 2 N–H and O–H groups in total. The van der Waals surface area contributed by atoms with E-state index < -0.39 is 16.1 Å². The lowest BCUT2D eigenvalue weighted by atomic mass is 10.3. The summed E-state index contributed by atoms with van der Waals surface area (Å²) in [6.07, 6.45) is 3.90. The highest BCUT2D eigenvalue weighted by molar-refractivity contribution is 7.89. The van der Waals surface area contributed by atoms with Gasteiger partial charge in [0, 0.05) is 17.5 Å². The largest absolute Gasteiger partial charge is 0.468 e. The van der Waals surface area contributed by atoms with Gasteiger partial charge in [0.05, 0.1) is 17.2 Å². The van der Waals surface area contributed by atoms with Crippen LogP contribution in [0.25, 0.3) is 0 Å². The van der Waals surface area contributed by atoms with Gasteiger partial charge in [0.25, 0.3) is 0 Å². The summed E-state index contributed by atoms with van der Waals surface area (Å²) in [6.45, 7) is 2.37. The lowest BCUT2D eigenvalue weighted by molar-refractivity contribution is 0.459. The highest BCUT2D eigenvalue weighted by Gasteiger charge is 2.25. The van der Waals surface area contributed by atoms with E-state index in [1.165, 1.54) is 30.4 Å². The van der Waals surface area contributed by atoms with Gasteiger partial charge in [-0.25, -0.2) is 13.1 Å². The summed E-state index contributed by atoms with van der Waals surface area (Å²) < 4.78 is 32.9. The van der Waals surface area contributed by atoms with Crippen molar-refractivity contribution in [3.05, 3.63) is 40.5 Å². The zero-order valence-corrected chi connectivity index (χ0v) is 13.3. The maximum atomic E-state index is 12.5. The van der Waals surface area contributed by atoms with Crippen molar-refractivity contribution in [3.8, 4) is 0 Å². The molecule has 2 heterocycles. The maximum Gasteiger partial charge on any atom is 0.242 e. The van der Waals surface area contributed by atoms with Crippen molar-refractivity contribution in [2.45, 2.75) is 43.3 Å². The molecular formula is C14H18N2O3S2. The minimum Gasteiger partial charge on any atom is -0.468 e. The van der Waals surface area contributed by atoms with Crippen LogP contribution in [0, 0.1) is 0 Å². The van der Waals surface area contributed by atoms with Gasteiger partial charge in [0.1, 0.15) is 5.76 Å². The fourth-order valence-electron chi connectivity index (χ4n) is 2.11. The highest BCUT2D eigenvalue weighted by Crippen LogP contribution is 2.26. The molecule has 2 aromatic rings. The molecule has 114 valence electrons. The first kappa shape index (κ1) is 14.8. The Morgan fingerprint density at radius 1 is 1.43 bits per heavy atom. The molecular weight excluding hydrogens is 308 g/mol. The molecule has 0 amide bonds. The molecule has 1 saturated carbocycles. The summed E-state index contributed by atoms with van der Waals surface area (Å²) in [5, 5.41) is 5.17. The second kappa shape index (κ2) is 5.92. The summed E-state index contributed by atoms with van der Waals surface area (Å²) in [7, 11) is -3.54. The fourth-order valence-corrected chi connectivity index (χ4v) is 4.72. The highest BCUT2D eigenvalue weighted by atomic mass is 32.2. The van der Waals surface area contributed by atoms with E-state index in [1.54, 1.807) is 25.1 Å². The number of thiophene rings is 1. The minimum atomic E-state index is -3.54. The van der Waals surface area contributed by atoms with Crippen molar-refractivity contribution in [2.24, 2.45) is 0 Å². The van der Waals surface area contributed by atoms with E-state index >= 15 is 0 Å². The SMILES string of the molecule is CC(NS(=O)(=O)c1ccsc1CNC1CC1)c1ccco1. The minimum absolute atomic E-state index is 0.360. The van der Waals surface area contributed by atoms with Crippen LogP contribution in [0.2, 0.25) is 0 Å². The zero-order valence-electron chi connectivity index (χ0n) is 11.7. The fraction of sp³-hybridized carbons (Fsp3) is 0.429. The third-order valence-corrected chi connectivity index (χ3v) is 6.10. The van der Waals surface area contributed by atoms with Crippen LogP contribution in [0.5, 0.6) is 0 Å². The molecule has 1 fully saturated rings. The van der Waals surface area contributed by atoms with E-state index in [0.717, 1.165) is 4.88 Å². The molecule has 0 spiro atoms. The van der Waals surface area contributed by atoms with Crippen LogP contribution in [0.3, 0.4) is 0 Å². The Bertz CT molecular complexity index is 688. The van der Waals surface area contributed by atoms with Gasteiger partial charge in [-0.3, -0.25) is 0 Å². The Morgan fingerprint density at radius 3 is 2.90 bits per heavy atom. The summed E-state index contributed by atoms with van der Waals surface area (Å²) in [5.74, 6) is 0.603. The van der Waals surface area contributed by atoms with Crippen LogP contribution in [-0.2, 0) is 16.6 Å². The molecule has 2 aromatic heterocycles. The molecule has 0 bridgehead atoms. The monoisotopic (exact) mass is 326 g/mol. The van der Waals surface area contributed by atoms with Gasteiger partial charge < -0.3 is 9.73 Å².